The normalized spacial score (nSPS) is 9.84. The summed E-state index contributed by atoms with van der Waals surface area (Å²) in [6, 6.07) is 13.2. The number of hydrazine groups is 1. The van der Waals surface area contributed by atoms with Crippen LogP contribution in [0.5, 0.6) is 5.75 Å². The zero-order valence-electron chi connectivity index (χ0n) is 13.2. The van der Waals surface area contributed by atoms with Gasteiger partial charge in [0, 0.05) is 4.47 Å². The molecule has 2 aromatic carbocycles. The molecule has 0 aliphatic carbocycles. The Hall–Kier alpha value is -2.87. The molecular formula is C17H15BrN2O5. The van der Waals surface area contributed by atoms with Gasteiger partial charge in [0.25, 0.3) is 11.8 Å². The predicted molar refractivity (Wildman–Crippen MR) is 93.0 cm³/mol. The average Bonchev–Trinajstić information content (AvgIpc) is 2.64. The van der Waals surface area contributed by atoms with Crippen molar-refractivity contribution in [3.8, 4) is 5.75 Å². The number of hydrogen-bond donors (Lipinski definition) is 2. The van der Waals surface area contributed by atoms with Gasteiger partial charge in [-0.3, -0.25) is 20.4 Å². The van der Waals surface area contributed by atoms with Crippen LogP contribution in [0.15, 0.2) is 53.0 Å². The number of esters is 1. The Morgan fingerprint density at radius 3 is 2.28 bits per heavy atom. The number of nitrogens with one attached hydrogen (secondary N) is 2. The molecule has 2 aromatic rings. The minimum Gasteiger partial charge on any atom is -0.496 e. The summed E-state index contributed by atoms with van der Waals surface area (Å²) in [6.45, 7) is -0.548. The van der Waals surface area contributed by atoms with Gasteiger partial charge in [0.15, 0.2) is 6.61 Å². The minimum absolute atomic E-state index is 0.204. The van der Waals surface area contributed by atoms with Gasteiger partial charge < -0.3 is 9.47 Å². The number of amides is 2. The van der Waals surface area contributed by atoms with Crippen molar-refractivity contribution in [2.75, 3.05) is 13.7 Å². The fraction of sp³-hybridized carbons (Fsp3) is 0.118. The molecule has 130 valence electrons. The first kappa shape index (κ1) is 18.5. The lowest BCUT2D eigenvalue weighted by atomic mass is 10.2. The molecule has 0 heterocycles. The Morgan fingerprint density at radius 2 is 1.60 bits per heavy atom. The molecule has 8 heteroatoms. The van der Waals surface area contributed by atoms with E-state index in [2.05, 4.69) is 26.8 Å². The third-order valence-electron chi connectivity index (χ3n) is 3.10. The Balaban J connectivity index is 1.84. The summed E-state index contributed by atoms with van der Waals surface area (Å²) in [5, 5.41) is 0. The van der Waals surface area contributed by atoms with Crippen LogP contribution in [0.25, 0.3) is 0 Å². The van der Waals surface area contributed by atoms with Crippen LogP contribution in [0.1, 0.15) is 20.7 Å². The lowest BCUT2D eigenvalue weighted by molar-refractivity contribution is -0.125. The highest BCUT2D eigenvalue weighted by Gasteiger charge is 2.15. The third-order valence-corrected chi connectivity index (χ3v) is 3.79. The third kappa shape index (κ3) is 5.05. The highest BCUT2D eigenvalue weighted by Crippen LogP contribution is 2.18. The van der Waals surface area contributed by atoms with Crippen molar-refractivity contribution in [3.63, 3.8) is 0 Å². The Morgan fingerprint density at radius 1 is 0.960 bits per heavy atom. The van der Waals surface area contributed by atoms with Crippen LogP contribution < -0.4 is 15.6 Å². The Labute approximate surface area is 152 Å². The summed E-state index contributed by atoms with van der Waals surface area (Å²) >= 11 is 3.24. The zero-order chi connectivity index (χ0) is 18.2. The van der Waals surface area contributed by atoms with Gasteiger partial charge in [0.2, 0.25) is 0 Å². The molecule has 0 atom stereocenters. The molecule has 0 radical (unpaired) electrons. The maximum absolute atomic E-state index is 12.0. The van der Waals surface area contributed by atoms with Crippen molar-refractivity contribution in [3.05, 3.63) is 64.1 Å². The molecule has 0 aliphatic heterocycles. The van der Waals surface area contributed by atoms with Crippen LogP contribution >= 0.6 is 15.9 Å². The molecule has 2 rings (SSSR count). The van der Waals surface area contributed by atoms with Crippen molar-refractivity contribution >= 4 is 33.7 Å². The maximum Gasteiger partial charge on any atom is 0.342 e. The first-order valence-corrected chi connectivity index (χ1v) is 7.96. The van der Waals surface area contributed by atoms with Crippen molar-refractivity contribution < 1.29 is 23.9 Å². The van der Waals surface area contributed by atoms with E-state index in [4.69, 9.17) is 9.47 Å². The average molecular weight is 407 g/mol. The van der Waals surface area contributed by atoms with E-state index in [1.807, 2.05) is 0 Å². The SMILES string of the molecule is COc1ccccc1C(=O)OCC(=O)NNC(=O)c1ccccc1Br. The van der Waals surface area contributed by atoms with Crippen molar-refractivity contribution in [1.29, 1.82) is 0 Å². The molecule has 25 heavy (non-hydrogen) atoms. The smallest absolute Gasteiger partial charge is 0.342 e. The van der Waals surface area contributed by atoms with Gasteiger partial charge in [-0.15, -0.1) is 0 Å². The zero-order valence-corrected chi connectivity index (χ0v) is 14.8. The van der Waals surface area contributed by atoms with Gasteiger partial charge in [-0.05, 0) is 40.2 Å². The van der Waals surface area contributed by atoms with Crippen LogP contribution in [0.3, 0.4) is 0 Å². The van der Waals surface area contributed by atoms with Crippen LogP contribution in [0.4, 0.5) is 0 Å². The van der Waals surface area contributed by atoms with E-state index in [-0.39, 0.29) is 5.56 Å². The van der Waals surface area contributed by atoms with Crippen LogP contribution in [0.2, 0.25) is 0 Å². The molecule has 0 aliphatic rings. The lowest BCUT2D eigenvalue weighted by Crippen LogP contribution is -2.43. The quantitative estimate of drug-likeness (QED) is 0.585. The molecule has 0 aromatic heterocycles. The lowest BCUT2D eigenvalue weighted by Gasteiger charge is -2.10. The number of carbonyl (C=O) groups is 3. The summed E-state index contributed by atoms with van der Waals surface area (Å²) < 4.78 is 10.5. The van der Waals surface area contributed by atoms with Crippen LogP contribution in [-0.4, -0.2) is 31.5 Å². The van der Waals surface area contributed by atoms with E-state index < -0.39 is 24.4 Å². The molecule has 0 fully saturated rings. The van der Waals surface area contributed by atoms with Gasteiger partial charge in [0.1, 0.15) is 11.3 Å². The van der Waals surface area contributed by atoms with Gasteiger partial charge in [-0.2, -0.15) is 0 Å². The van der Waals surface area contributed by atoms with Crippen LogP contribution in [0, 0.1) is 0 Å². The molecule has 0 unspecified atom stereocenters. The first-order valence-electron chi connectivity index (χ1n) is 7.16. The van der Waals surface area contributed by atoms with E-state index >= 15 is 0 Å². The van der Waals surface area contributed by atoms with Crippen molar-refractivity contribution in [1.82, 2.24) is 10.9 Å². The van der Waals surface area contributed by atoms with Gasteiger partial charge in [0.05, 0.1) is 12.7 Å². The van der Waals surface area contributed by atoms with Gasteiger partial charge in [-0.25, -0.2) is 4.79 Å². The second kappa shape index (κ2) is 8.84. The monoisotopic (exact) mass is 406 g/mol. The second-order valence-corrected chi connectivity index (χ2v) is 5.61. The number of ether oxygens (including phenoxy) is 2. The second-order valence-electron chi connectivity index (χ2n) is 4.76. The van der Waals surface area contributed by atoms with E-state index in [0.717, 1.165) is 0 Å². The van der Waals surface area contributed by atoms with E-state index in [1.54, 1.807) is 42.5 Å². The first-order chi connectivity index (χ1) is 12.0. The summed E-state index contributed by atoms with van der Waals surface area (Å²) in [4.78, 5) is 35.6. The molecule has 0 saturated carbocycles. The minimum atomic E-state index is -0.704. The van der Waals surface area contributed by atoms with Gasteiger partial charge in [-0.1, -0.05) is 24.3 Å². The van der Waals surface area contributed by atoms with Crippen molar-refractivity contribution in [2.24, 2.45) is 0 Å². The van der Waals surface area contributed by atoms with E-state index in [0.29, 0.717) is 15.8 Å². The van der Waals surface area contributed by atoms with Gasteiger partial charge >= 0.3 is 5.97 Å². The van der Waals surface area contributed by atoms with E-state index in [9.17, 15) is 14.4 Å². The predicted octanol–water partition coefficient (Wildman–Crippen LogP) is 2.08. The molecule has 0 spiro atoms. The number of halogens is 1. The topological polar surface area (TPSA) is 93.7 Å². The van der Waals surface area contributed by atoms with E-state index in [1.165, 1.54) is 13.2 Å². The number of benzene rings is 2. The number of methoxy groups -OCH3 is 1. The molecule has 0 saturated heterocycles. The largest absolute Gasteiger partial charge is 0.496 e. The maximum atomic E-state index is 12.0. The molecular weight excluding hydrogens is 392 g/mol. The Bertz CT molecular complexity index is 794. The summed E-state index contributed by atoms with van der Waals surface area (Å²) in [5.41, 5.74) is 4.98. The van der Waals surface area contributed by atoms with Crippen molar-refractivity contribution in [2.45, 2.75) is 0 Å². The summed E-state index contributed by atoms with van der Waals surface area (Å²) in [7, 11) is 1.43. The molecule has 0 bridgehead atoms. The molecule has 2 N–H and O–H groups in total. The molecule has 2 amide bonds. The number of para-hydroxylation sites is 1. The molecule has 7 nitrogen and oxygen atoms in total. The fourth-order valence-electron chi connectivity index (χ4n) is 1.90. The van der Waals surface area contributed by atoms with Crippen LogP contribution in [-0.2, 0) is 9.53 Å². The number of carbonyl (C=O) groups excluding carboxylic acids is 3. The fourth-order valence-corrected chi connectivity index (χ4v) is 2.36. The number of hydrogen-bond acceptors (Lipinski definition) is 5. The highest BCUT2D eigenvalue weighted by atomic mass is 79.9. The summed E-state index contributed by atoms with van der Waals surface area (Å²) in [6.07, 6.45) is 0. The Kier molecular flexibility index (Phi) is 6.53. The summed E-state index contributed by atoms with van der Waals surface area (Å²) in [5.74, 6) is -1.54. The number of rotatable bonds is 5. The highest BCUT2D eigenvalue weighted by molar-refractivity contribution is 9.10. The standard InChI is InChI=1S/C17H15BrN2O5/c1-24-14-9-5-3-7-12(14)17(23)25-10-15(21)19-20-16(22)11-6-2-4-8-13(11)18/h2-9H,10H2,1H3,(H,19,21)(H,20,22).